The Morgan fingerprint density at radius 3 is 2.68 bits per heavy atom. The second-order valence-electron chi connectivity index (χ2n) is 6.87. The molecule has 6 heteroatoms. The number of anilines is 1. The van der Waals surface area contributed by atoms with E-state index >= 15 is 0 Å². The number of aromatic nitrogens is 2. The Morgan fingerprint density at radius 1 is 1.14 bits per heavy atom. The molecule has 0 bridgehead atoms. The Hall–Kier alpha value is -3.43. The second kappa shape index (κ2) is 8.07. The van der Waals surface area contributed by atoms with Gasteiger partial charge in [0, 0.05) is 31.5 Å². The number of amides is 1. The van der Waals surface area contributed by atoms with Crippen molar-refractivity contribution in [2.45, 2.75) is 25.6 Å². The van der Waals surface area contributed by atoms with Gasteiger partial charge in [-0.25, -0.2) is 4.98 Å². The van der Waals surface area contributed by atoms with Crippen molar-refractivity contribution in [3.8, 4) is 6.07 Å². The predicted octanol–water partition coefficient (Wildman–Crippen LogP) is 2.70. The minimum Gasteiger partial charge on any atom is -0.329 e. The fourth-order valence-corrected chi connectivity index (χ4v) is 3.48. The number of hydrogen-bond donors (Lipinski definition) is 1. The lowest BCUT2D eigenvalue weighted by atomic mass is 10.1. The van der Waals surface area contributed by atoms with E-state index in [1.807, 2.05) is 65.7 Å². The Bertz CT molecular complexity index is 988. The third kappa shape index (κ3) is 3.80. The fraction of sp³-hybridized carbons (Fsp3) is 0.227. The second-order valence-corrected chi connectivity index (χ2v) is 6.87. The first-order chi connectivity index (χ1) is 13.7. The average Bonchev–Trinajstić information content (AvgIpc) is 3.33. The first kappa shape index (κ1) is 18.0. The van der Waals surface area contributed by atoms with E-state index in [9.17, 15) is 4.79 Å². The van der Waals surface area contributed by atoms with Crippen LogP contribution in [0.25, 0.3) is 0 Å². The van der Waals surface area contributed by atoms with Crippen LogP contribution < -0.4 is 10.2 Å². The molecule has 4 rings (SSSR count). The van der Waals surface area contributed by atoms with E-state index in [-0.39, 0.29) is 11.9 Å². The number of carbonyl (C=O) groups excluding carboxylic acids is 1. The van der Waals surface area contributed by atoms with Gasteiger partial charge in [-0.15, -0.1) is 0 Å². The summed E-state index contributed by atoms with van der Waals surface area (Å²) in [5.74, 6) is 0.115. The number of nitrogens with zero attached hydrogens (tertiary/aromatic N) is 4. The van der Waals surface area contributed by atoms with Crippen molar-refractivity contribution in [1.82, 2.24) is 14.9 Å². The van der Waals surface area contributed by atoms with Crippen molar-refractivity contribution in [3.05, 3.63) is 83.9 Å². The summed E-state index contributed by atoms with van der Waals surface area (Å²) in [6.45, 7) is 1.98. The van der Waals surface area contributed by atoms with Gasteiger partial charge in [0.15, 0.2) is 0 Å². The summed E-state index contributed by atoms with van der Waals surface area (Å²) >= 11 is 0. The van der Waals surface area contributed by atoms with Gasteiger partial charge >= 0.3 is 0 Å². The van der Waals surface area contributed by atoms with Gasteiger partial charge in [0.1, 0.15) is 0 Å². The molecule has 28 heavy (non-hydrogen) atoms. The van der Waals surface area contributed by atoms with Crippen LogP contribution in [-0.2, 0) is 17.9 Å². The van der Waals surface area contributed by atoms with Gasteiger partial charge in [-0.05, 0) is 36.2 Å². The van der Waals surface area contributed by atoms with E-state index in [4.69, 9.17) is 5.26 Å². The third-order valence-electron chi connectivity index (χ3n) is 5.04. The van der Waals surface area contributed by atoms with Crippen LogP contribution in [0.2, 0.25) is 0 Å². The molecule has 1 fully saturated rings. The Balaban J connectivity index is 1.38. The summed E-state index contributed by atoms with van der Waals surface area (Å²) in [4.78, 5) is 18.8. The molecule has 1 aliphatic rings. The molecule has 3 aromatic rings. The maximum atomic E-state index is 12.7. The maximum absolute atomic E-state index is 12.7. The summed E-state index contributed by atoms with van der Waals surface area (Å²) in [7, 11) is 0. The van der Waals surface area contributed by atoms with Gasteiger partial charge in [-0.3, -0.25) is 4.79 Å². The van der Waals surface area contributed by atoms with Crippen LogP contribution in [0, 0.1) is 11.3 Å². The van der Waals surface area contributed by atoms with E-state index in [1.165, 1.54) is 0 Å². The summed E-state index contributed by atoms with van der Waals surface area (Å²) in [5.41, 5.74) is 3.72. The van der Waals surface area contributed by atoms with Gasteiger partial charge < -0.3 is 14.8 Å². The topological polar surface area (TPSA) is 74.0 Å². The highest BCUT2D eigenvalue weighted by atomic mass is 16.2. The average molecular weight is 371 g/mol. The number of imidazole rings is 1. The molecule has 0 radical (unpaired) electrons. The zero-order valence-electron chi connectivity index (χ0n) is 15.5. The van der Waals surface area contributed by atoms with Crippen LogP contribution in [0.4, 0.5) is 5.69 Å². The molecule has 0 unspecified atom stereocenters. The van der Waals surface area contributed by atoms with Crippen LogP contribution in [0.1, 0.15) is 23.2 Å². The number of benzene rings is 2. The SMILES string of the molecule is N#Cc1ccc(Cn2cncc2CN[C@@H]2CCN(c3ccccc3)C2=O)cc1. The smallest absolute Gasteiger partial charge is 0.244 e. The molecular weight excluding hydrogens is 350 g/mol. The first-order valence-corrected chi connectivity index (χ1v) is 9.32. The lowest BCUT2D eigenvalue weighted by molar-refractivity contribution is -0.118. The van der Waals surface area contributed by atoms with Crippen molar-refractivity contribution in [1.29, 1.82) is 5.26 Å². The lowest BCUT2D eigenvalue weighted by Gasteiger charge is -2.17. The van der Waals surface area contributed by atoms with E-state index in [1.54, 1.807) is 6.33 Å². The number of para-hydroxylation sites is 1. The van der Waals surface area contributed by atoms with Crippen LogP contribution in [0.3, 0.4) is 0 Å². The van der Waals surface area contributed by atoms with Crippen LogP contribution in [0.15, 0.2) is 67.1 Å². The van der Waals surface area contributed by atoms with Crippen molar-refractivity contribution < 1.29 is 4.79 Å². The first-order valence-electron chi connectivity index (χ1n) is 9.32. The molecule has 2 heterocycles. The zero-order chi connectivity index (χ0) is 19.3. The molecule has 2 aromatic carbocycles. The number of rotatable bonds is 6. The van der Waals surface area contributed by atoms with Gasteiger partial charge in [0.05, 0.1) is 29.7 Å². The summed E-state index contributed by atoms with van der Waals surface area (Å²) in [6, 6.07) is 19.3. The summed E-state index contributed by atoms with van der Waals surface area (Å²) in [6.07, 6.45) is 4.41. The molecule has 0 saturated carbocycles. The van der Waals surface area contributed by atoms with Crippen molar-refractivity contribution >= 4 is 11.6 Å². The van der Waals surface area contributed by atoms with Crippen LogP contribution in [0.5, 0.6) is 0 Å². The van der Waals surface area contributed by atoms with Crippen LogP contribution >= 0.6 is 0 Å². The molecule has 140 valence electrons. The lowest BCUT2D eigenvalue weighted by Crippen LogP contribution is -2.38. The van der Waals surface area contributed by atoms with E-state index in [0.717, 1.165) is 29.9 Å². The van der Waals surface area contributed by atoms with Gasteiger partial charge in [0.25, 0.3) is 0 Å². The maximum Gasteiger partial charge on any atom is 0.244 e. The molecule has 1 saturated heterocycles. The van der Waals surface area contributed by atoms with Gasteiger partial charge in [-0.2, -0.15) is 5.26 Å². The molecule has 0 spiro atoms. The highest BCUT2D eigenvalue weighted by Crippen LogP contribution is 2.21. The number of nitriles is 1. The molecule has 0 aliphatic carbocycles. The Labute approximate surface area is 164 Å². The highest BCUT2D eigenvalue weighted by molar-refractivity contribution is 5.99. The molecule has 1 atom stereocenters. The normalized spacial score (nSPS) is 16.3. The molecule has 1 amide bonds. The Kier molecular flexibility index (Phi) is 5.18. The predicted molar refractivity (Wildman–Crippen MR) is 107 cm³/mol. The third-order valence-corrected chi connectivity index (χ3v) is 5.04. The van der Waals surface area contributed by atoms with E-state index in [2.05, 4.69) is 20.9 Å². The summed E-state index contributed by atoms with van der Waals surface area (Å²) < 4.78 is 2.06. The number of carbonyl (C=O) groups is 1. The standard InChI is InChI=1S/C22H21N5O/c23-12-17-6-8-18(9-7-17)15-26-16-24-13-20(26)14-25-21-10-11-27(22(21)28)19-4-2-1-3-5-19/h1-9,13,16,21,25H,10-11,14-15H2/t21-/m1/s1. The number of nitrogens with one attached hydrogen (secondary N) is 1. The van der Waals surface area contributed by atoms with Crippen LogP contribution in [-0.4, -0.2) is 28.0 Å². The van der Waals surface area contributed by atoms with E-state index in [0.29, 0.717) is 18.7 Å². The van der Waals surface area contributed by atoms with Crippen molar-refractivity contribution in [2.75, 3.05) is 11.4 Å². The largest absolute Gasteiger partial charge is 0.329 e. The Morgan fingerprint density at radius 2 is 1.93 bits per heavy atom. The fourth-order valence-electron chi connectivity index (χ4n) is 3.48. The zero-order valence-corrected chi connectivity index (χ0v) is 15.5. The summed E-state index contributed by atoms with van der Waals surface area (Å²) in [5, 5.41) is 12.3. The van der Waals surface area contributed by atoms with Crippen molar-refractivity contribution in [2.24, 2.45) is 0 Å². The minimum atomic E-state index is -0.182. The molecule has 1 aliphatic heterocycles. The molecule has 1 N–H and O–H groups in total. The quantitative estimate of drug-likeness (QED) is 0.723. The monoisotopic (exact) mass is 371 g/mol. The van der Waals surface area contributed by atoms with Crippen molar-refractivity contribution in [3.63, 3.8) is 0 Å². The van der Waals surface area contributed by atoms with Gasteiger partial charge in [-0.1, -0.05) is 30.3 Å². The van der Waals surface area contributed by atoms with E-state index < -0.39 is 0 Å². The minimum absolute atomic E-state index is 0.115. The number of hydrogen-bond acceptors (Lipinski definition) is 4. The molecular formula is C22H21N5O. The molecule has 1 aromatic heterocycles. The molecule has 6 nitrogen and oxygen atoms in total. The van der Waals surface area contributed by atoms with Gasteiger partial charge in [0.2, 0.25) is 5.91 Å². The highest BCUT2D eigenvalue weighted by Gasteiger charge is 2.32.